The number of halogens is 1. The molecule has 1 atom stereocenters. The summed E-state index contributed by atoms with van der Waals surface area (Å²) >= 11 is 5.89. The van der Waals surface area contributed by atoms with Gasteiger partial charge in [0.25, 0.3) is 5.91 Å². The first-order valence-corrected chi connectivity index (χ1v) is 9.08. The normalized spacial score (nSPS) is 11.7. The summed E-state index contributed by atoms with van der Waals surface area (Å²) in [5.74, 6) is -0.530. The average molecular weight is 398 g/mol. The van der Waals surface area contributed by atoms with Crippen molar-refractivity contribution in [2.75, 3.05) is 13.6 Å². The molecule has 0 aliphatic heterocycles. The van der Waals surface area contributed by atoms with Gasteiger partial charge in [0.2, 0.25) is 5.91 Å². The van der Waals surface area contributed by atoms with Crippen LogP contribution in [0.25, 0.3) is 5.69 Å². The average Bonchev–Trinajstić information content (AvgIpc) is 3.25. The van der Waals surface area contributed by atoms with Gasteiger partial charge in [-0.25, -0.2) is 9.67 Å². The van der Waals surface area contributed by atoms with Crippen LogP contribution in [0.3, 0.4) is 0 Å². The number of likely N-dealkylation sites (N-methyl/N-ethyl adjacent to an activating group) is 1. The van der Waals surface area contributed by atoms with Gasteiger partial charge in [0, 0.05) is 17.6 Å². The van der Waals surface area contributed by atoms with Crippen LogP contribution in [0.4, 0.5) is 0 Å². The van der Waals surface area contributed by atoms with Gasteiger partial charge in [-0.15, -0.1) is 0 Å². The zero-order valence-corrected chi connectivity index (χ0v) is 16.3. The van der Waals surface area contributed by atoms with E-state index >= 15 is 0 Å². The highest BCUT2D eigenvalue weighted by atomic mass is 35.5. The summed E-state index contributed by atoms with van der Waals surface area (Å²) in [7, 11) is 1.71. The van der Waals surface area contributed by atoms with E-state index in [0.717, 1.165) is 11.3 Å². The molecule has 0 aliphatic carbocycles. The van der Waals surface area contributed by atoms with E-state index in [0.29, 0.717) is 10.6 Å². The molecule has 7 nitrogen and oxygen atoms in total. The molecule has 3 aromatic rings. The Labute approximate surface area is 167 Å². The van der Waals surface area contributed by atoms with E-state index in [1.54, 1.807) is 47.2 Å². The van der Waals surface area contributed by atoms with Gasteiger partial charge in [-0.2, -0.15) is 5.10 Å². The lowest BCUT2D eigenvalue weighted by molar-refractivity contribution is -0.130. The minimum Gasteiger partial charge on any atom is -0.343 e. The highest BCUT2D eigenvalue weighted by Crippen LogP contribution is 2.20. The van der Waals surface area contributed by atoms with Crippen molar-refractivity contribution in [3.8, 4) is 5.69 Å². The first-order valence-electron chi connectivity index (χ1n) is 8.70. The first-order chi connectivity index (χ1) is 13.5. The highest BCUT2D eigenvalue weighted by Gasteiger charge is 2.18. The predicted molar refractivity (Wildman–Crippen MR) is 106 cm³/mol. The molecule has 0 radical (unpaired) electrons. The summed E-state index contributed by atoms with van der Waals surface area (Å²) in [6, 6.07) is 14.1. The van der Waals surface area contributed by atoms with Crippen molar-refractivity contribution in [1.82, 2.24) is 25.0 Å². The van der Waals surface area contributed by atoms with Gasteiger partial charge in [0.05, 0.1) is 18.3 Å². The number of hydrogen-bond donors (Lipinski definition) is 1. The zero-order chi connectivity index (χ0) is 20.1. The first kappa shape index (κ1) is 19.6. The monoisotopic (exact) mass is 397 g/mol. The fourth-order valence-corrected chi connectivity index (χ4v) is 2.89. The lowest BCUT2D eigenvalue weighted by Crippen LogP contribution is -2.39. The Bertz CT molecular complexity index is 957. The third kappa shape index (κ3) is 4.55. The molecule has 0 saturated carbocycles. The van der Waals surface area contributed by atoms with Crippen molar-refractivity contribution in [1.29, 1.82) is 0 Å². The number of nitrogens with one attached hydrogen (secondary N) is 1. The van der Waals surface area contributed by atoms with Gasteiger partial charge in [-0.05, 0) is 42.8 Å². The summed E-state index contributed by atoms with van der Waals surface area (Å²) in [6.45, 7) is 1.84. The molecule has 28 heavy (non-hydrogen) atoms. The Morgan fingerprint density at radius 3 is 2.61 bits per heavy atom. The van der Waals surface area contributed by atoms with E-state index in [1.807, 2.05) is 31.2 Å². The molecule has 0 bridgehead atoms. The number of nitrogens with zero attached hydrogens (tertiary/aromatic N) is 4. The molecule has 0 fully saturated rings. The third-order valence-electron chi connectivity index (χ3n) is 4.52. The van der Waals surface area contributed by atoms with Crippen LogP contribution in [0.15, 0.2) is 61.2 Å². The summed E-state index contributed by atoms with van der Waals surface area (Å²) < 4.78 is 1.66. The lowest BCUT2D eigenvalue weighted by Gasteiger charge is -2.25. The Morgan fingerprint density at radius 2 is 1.96 bits per heavy atom. The second-order valence-corrected chi connectivity index (χ2v) is 6.74. The molecule has 144 valence electrons. The molecular weight excluding hydrogens is 378 g/mol. The Balaban J connectivity index is 1.58. The minimum atomic E-state index is -0.339. The molecule has 1 heterocycles. The second-order valence-electron chi connectivity index (χ2n) is 6.31. The Morgan fingerprint density at radius 1 is 1.21 bits per heavy atom. The van der Waals surface area contributed by atoms with E-state index in [4.69, 9.17) is 11.6 Å². The van der Waals surface area contributed by atoms with Crippen LogP contribution in [-0.4, -0.2) is 45.1 Å². The molecule has 0 unspecified atom stereocenters. The van der Waals surface area contributed by atoms with Gasteiger partial charge in [0.15, 0.2) is 0 Å². The van der Waals surface area contributed by atoms with E-state index in [9.17, 15) is 9.59 Å². The van der Waals surface area contributed by atoms with Gasteiger partial charge >= 0.3 is 0 Å². The summed E-state index contributed by atoms with van der Waals surface area (Å²) in [4.78, 5) is 30.2. The van der Waals surface area contributed by atoms with Gasteiger partial charge in [0.1, 0.15) is 12.7 Å². The van der Waals surface area contributed by atoms with Crippen LogP contribution in [0.2, 0.25) is 5.02 Å². The molecular formula is C20H20ClN5O2. The molecule has 1 N–H and O–H groups in total. The van der Waals surface area contributed by atoms with Crippen molar-refractivity contribution in [2.45, 2.75) is 13.0 Å². The Kier molecular flexibility index (Phi) is 6.06. The van der Waals surface area contributed by atoms with Crippen molar-refractivity contribution in [3.63, 3.8) is 0 Å². The smallest absolute Gasteiger partial charge is 0.251 e. The summed E-state index contributed by atoms with van der Waals surface area (Å²) in [6.07, 6.45) is 3.09. The number of rotatable bonds is 6. The minimum absolute atomic E-state index is 0.0940. The maximum absolute atomic E-state index is 12.5. The van der Waals surface area contributed by atoms with Gasteiger partial charge < -0.3 is 10.2 Å². The topological polar surface area (TPSA) is 80.1 Å². The van der Waals surface area contributed by atoms with E-state index < -0.39 is 0 Å². The third-order valence-corrected chi connectivity index (χ3v) is 4.76. The molecule has 3 rings (SSSR count). The maximum Gasteiger partial charge on any atom is 0.251 e. The molecule has 0 aliphatic rings. The van der Waals surface area contributed by atoms with Crippen molar-refractivity contribution in [2.24, 2.45) is 0 Å². The SMILES string of the molecule is C[C@@H](c1ccc(-n2cncn2)cc1)N(C)C(=O)CNC(=O)c1cccc(Cl)c1. The largest absolute Gasteiger partial charge is 0.343 e. The lowest BCUT2D eigenvalue weighted by atomic mass is 10.1. The van der Waals surface area contributed by atoms with Crippen LogP contribution in [0.5, 0.6) is 0 Å². The van der Waals surface area contributed by atoms with Crippen LogP contribution >= 0.6 is 11.6 Å². The van der Waals surface area contributed by atoms with Crippen LogP contribution in [0.1, 0.15) is 28.9 Å². The molecule has 2 aromatic carbocycles. The van der Waals surface area contributed by atoms with Crippen LogP contribution < -0.4 is 5.32 Å². The van der Waals surface area contributed by atoms with Gasteiger partial charge in [-0.1, -0.05) is 29.8 Å². The van der Waals surface area contributed by atoms with E-state index in [-0.39, 0.29) is 24.4 Å². The van der Waals surface area contributed by atoms with E-state index in [1.165, 1.54) is 6.33 Å². The number of benzene rings is 2. The molecule has 1 aromatic heterocycles. The summed E-state index contributed by atoms with van der Waals surface area (Å²) in [5, 5.41) is 7.19. The molecule has 0 spiro atoms. The number of amides is 2. The molecule has 2 amide bonds. The van der Waals surface area contributed by atoms with Crippen LogP contribution in [0, 0.1) is 0 Å². The molecule has 0 saturated heterocycles. The maximum atomic E-state index is 12.5. The summed E-state index contributed by atoms with van der Waals surface area (Å²) in [5.41, 5.74) is 2.27. The van der Waals surface area contributed by atoms with Crippen molar-refractivity contribution < 1.29 is 9.59 Å². The van der Waals surface area contributed by atoms with Crippen molar-refractivity contribution in [3.05, 3.63) is 77.3 Å². The number of hydrogen-bond acceptors (Lipinski definition) is 4. The quantitative estimate of drug-likeness (QED) is 0.693. The van der Waals surface area contributed by atoms with Crippen LogP contribution in [-0.2, 0) is 4.79 Å². The van der Waals surface area contributed by atoms with Gasteiger partial charge in [-0.3, -0.25) is 9.59 Å². The fraction of sp³-hybridized carbons (Fsp3) is 0.200. The predicted octanol–water partition coefficient (Wildman–Crippen LogP) is 2.87. The second kappa shape index (κ2) is 8.67. The number of carbonyl (C=O) groups is 2. The number of carbonyl (C=O) groups excluding carboxylic acids is 2. The van der Waals surface area contributed by atoms with Crippen molar-refractivity contribution >= 4 is 23.4 Å². The fourth-order valence-electron chi connectivity index (χ4n) is 2.70. The van der Waals surface area contributed by atoms with E-state index in [2.05, 4.69) is 15.4 Å². The highest BCUT2D eigenvalue weighted by molar-refractivity contribution is 6.30. The Hall–Kier alpha value is -3.19. The zero-order valence-electron chi connectivity index (χ0n) is 15.5. The molecule has 8 heteroatoms. The standard InChI is InChI=1S/C20H20ClN5O2/c1-14(15-6-8-18(9-7-15)26-13-22-12-24-26)25(2)19(27)11-23-20(28)16-4-3-5-17(21)10-16/h3-10,12-14H,11H2,1-2H3,(H,23,28)/t14-/m0/s1. The number of aromatic nitrogens is 3.